The van der Waals surface area contributed by atoms with Gasteiger partial charge in [-0.25, -0.2) is 0 Å². The molecule has 0 aliphatic carbocycles. The van der Waals surface area contributed by atoms with Gasteiger partial charge < -0.3 is 0 Å². The molecular formula is C7H10BrN3O2. The number of aromatic nitrogens is 2. The Kier molecular flexibility index (Phi) is 3.41. The lowest BCUT2D eigenvalue weighted by molar-refractivity contribution is -0.385. The van der Waals surface area contributed by atoms with Crippen molar-refractivity contribution >= 4 is 21.6 Å². The third kappa shape index (κ3) is 2.80. The van der Waals surface area contributed by atoms with Crippen LogP contribution in [-0.2, 0) is 6.54 Å². The molecule has 0 amide bonds. The Morgan fingerprint density at radius 2 is 2.54 bits per heavy atom. The molecule has 0 saturated heterocycles. The first-order chi connectivity index (χ1) is 6.13. The van der Waals surface area contributed by atoms with Crippen LogP contribution in [0.25, 0.3) is 0 Å². The maximum Gasteiger partial charge on any atom is 0.306 e. The number of hydrogen-bond acceptors (Lipinski definition) is 3. The zero-order chi connectivity index (χ0) is 9.84. The van der Waals surface area contributed by atoms with Crippen molar-refractivity contribution in [3.8, 4) is 0 Å². The Hall–Kier alpha value is -0.910. The predicted molar refractivity (Wildman–Crippen MR) is 51.8 cm³/mol. The molecule has 0 bridgehead atoms. The van der Waals surface area contributed by atoms with Gasteiger partial charge in [0.05, 0.1) is 4.92 Å². The molecule has 0 N–H and O–H groups in total. The van der Waals surface area contributed by atoms with E-state index >= 15 is 0 Å². The van der Waals surface area contributed by atoms with E-state index in [1.54, 1.807) is 4.68 Å². The minimum atomic E-state index is -0.442. The van der Waals surface area contributed by atoms with Crippen molar-refractivity contribution in [3.63, 3.8) is 0 Å². The largest absolute Gasteiger partial charge is 0.306 e. The average molecular weight is 248 g/mol. The zero-order valence-electron chi connectivity index (χ0n) is 7.18. The van der Waals surface area contributed by atoms with Gasteiger partial charge >= 0.3 is 5.69 Å². The summed E-state index contributed by atoms with van der Waals surface area (Å²) in [5.74, 6) is 0.416. The van der Waals surface area contributed by atoms with E-state index in [1.807, 2.05) is 6.92 Å². The van der Waals surface area contributed by atoms with Crippen molar-refractivity contribution in [2.45, 2.75) is 13.5 Å². The van der Waals surface area contributed by atoms with Gasteiger partial charge in [-0.15, -0.1) is 0 Å². The molecule has 0 aliphatic rings. The third-order valence-electron chi connectivity index (χ3n) is 1.59. The molecule has 6 heteroatoms. The second-order valence-corrected chi connectivity index (χ2v) is 3.58. The molecule has 1 aromatic rings. The van der Waals surface area contributed by atoms with E-state index < -0.39 is 4.92 Å². The summed E-state index contributed by atoms with van der Waals surface area (Å²) in [5, 5.41) is 15.1. The first-order valence-corrected chi connectivity index (χ1v) is 4.98. The SMILES string of the molecule is CC(CBr)Cn1cc([N+](=O)[O-])cn1. The van der Waals surface area contributed by atoms with Crippen molar-refractivity contribution in [2.24, 2.45) is 5.92 Å². The Morgan fingerprint density at radius 1 is 1.85 bits per heavy atom. The van der Waals surface area contributed by atoms with Crippen LogP contribution >= 0.6 is 15.9 Å². The summed E-state index contributed by atoms with van der Waals surface area (Å²) in [5.41, 5.74) is 0.0433. The quantitative estimate of drug-likeness (QED) is 0.464. The summed E-state index contributed by atoms with van der Waals surface area (Å²) in [6, 6.07) is 0. The molecule has 0 saturated carbocycles. The fourth-order valence-electron chi connectivity index (χ4n) is 0.915. The van der Waals surface area contributed by atoms with Crippen molar-refractivity contribution in [1.29, 1.82) is 0 Å². The molecule has 0 aliphatic heterocycles. The lowest BCUT2D eigenvalue weighted by atomic mass is 10.2. The third-order valence-corrected chi connectivity index (χ3v) is 2.70. The summed E-state index contributed by atoms with van der Waals surface area (Å²) in [6.45, 7) is 2.74. The summed E-state index contributed by atoms with van der Waals surface area (Å²) in [4.78, 5) is 9.87. The van der Waals surface area contributed by atoms with Crippen molar-refractivity contribution in [3.05, 3.63) is 22.5 Å². The van der Waals surface area contributed by atoms with E-state index in [4.69, 9.17) is 0 Å². The van der Waals surface area contributed by atoms with Gasteiger partial charge in [0.25, 0.3) is 0 Å². The molecule has 0 aromatic carbocycles. The smallest absolute Gasteiger partial charge is 0.265 e. The van der Waals surface area contributed by atoms with Crippen LogP contribution < -0.4 is 0 Å². The Balaban J connectivity index is 2.64. The molecule has 1 aromatic heterocycles. The van der Waals surface area contributed by atoms with Crippen LogP contribution in [-0.4, -0.2) is 20.0 Å². The number of hydrogen-bond donors (Lipinski definition) is 0. The van der Waals surface area contributed by atoms with Crippen LogP contribution in [0.4, 0.5) is 5.69 Å². The van der Waals surface area contributed by atoms with Crippen LogP contribution in [0.2, 0.25) is 0 Å². The van der Waals surface area contributed by atoms with Gasteiger partial charge in [-0.3, -0.25) is 14.8 Å². The van der Waals surface area contributed by atoms with Gasteiger partial charge in [-0.2, -0.15) is 5.10 Å². The van der Waals surface area contributed by atoms with Gasteiger partial charge in [-0.05, 0) is 5.92 Å². The number of nitrogens with zero attached hydrogens (tertiary/aromatic N) is 3. The lowest BCUT2D eigenvalue weighted by Crippen LogP contribution is -2.08. The molecular weight excluding hydrogens is 238 g/mol. The van der Waals surface area contributed by atoms with Gasteiger partial charge in [0.1, 0.15) is 12.4 Å². The Labute approximate surface area is 84.0 Å². The van der Waals surface area contributed by atoms with Crippen LogP contribution in [0, 0.1) is 16.0 Å². The van der Waals surface area contributed by atoms with E-state index in [2.05, 4.69) is 21.0 Å². The second-order valence-electron chi connectivity index (χ2n) is 2.94. The van der Waals surface area contributed by atoms with E-state index in [1.165, 1.54) is 12.4 Å². The lowest BCUT2D eigenvalue weighted by Gasteiger charge is -2.05. The second kappa shape index (κ2) is 4.36. The van der Waals surface area contributed by atoms with Crippen LogP contribution in [0.15, 0.2) is 12.4 Å². The minimum absolute atomic E-state index is 0.0433. The summed E-state index contributed by atoms with van der Waals surface area (Å²) in [6.07, 6.45) is 2.71. The number of halogens is 1. The fourth-order valence-corrected chi connectivity index (χ4v) is 1.12. The molecule has 13 heavy (non-hydrogen) atoms. The van der Waals surface area contributed by atoms with Gasteiger partial charge in [0, 0.05) is 11.9 Å². The molecule has 0 fully saturated rings. The maximum atomic E-state index is 10.3. The Bertz CT molecular complexity index is 300. The molecule has 5 nitrogen and oxygen atoms in total. The highest BCUT2D eigenvalue weighted by molar-refractivity contribution is 9.09. The first-order valence-electron chi connectivity index (χ1n) is 3.86. The van der Waals surface area contributed by atoms with Crippen molar-refractivity contribution in [1.82, 2.24) is 9.78 Å². The van der Waals surface area contributed by atoms with Crippen molar-refractivity contribution < 1.29 is 4.92 Å². The normalized spacial score (nSPS) is 12.8. The standard InChI is InChI=1S/C7H10BrN3O2/c1-6(2-8)4-10-5-7(3-9-10)11(12)13/h3,5-6H,2,4H2,1H3. The summed E-state index contributed by atoms with van der Waals surface area (Å²) in [7, 11) is 0. The molecule has 1 heterocycles. The van der Waals surface area contributed by atoms with E-state index in [9.17, 15) is 10.1 Å². The van der Waals surface area contributed by atoms with E-state index in [-0.39, 0.29) is 5.69 Å². The summed E-state index contributed by atoms with van der Waals surface area (Å²) >= 11 is 3.33. The average Bonchev–Trinajstić information content (AvgIpc) is 2.52. The van der Waals surface area contributed by atoms with Gasteiger partial charge in [0.15, 0.2) is 0 Å². The van der Waals surface area contributed by atoms with Crippen LogP contribution in [0.5, 0.6) is 0 Å². The highest BCUT2D eigenvalue weighted by atomic mass is 79.9. The van der Waals surface area contributed by atoms with Crippen LogP contribution in [0.3, 0.4) is 0 Å². The topological polar surface area (TPSA) is 61.0 Å². The molecule has 0 spiro atoms. The highest BCUT2D eigenvalue weighted by Crippen LogP contribution is 2.10. The molecule has 1 rings (SSSR count). The van der Waals surface area contributed by atoms with Gasteiger partial charge in [-0.1, -0.05) is 22.9 Å². The number of rotatable bonds is 4. The Morgan fingerprint density at radius 3 is 3.00 bits per heavy atom. The molecule has 0 radical (unpaired) electrons. The first kappa shape index (κ1) is 10.2. The highest BCUT2D eigenvalue weighted by Gasteiger charge is 2.09. The number of nitro groups is 1. The monoisotopic (exact) mass is 247 g/mol. The van der Waals surface area contributed by atoms with E-state index in [0.29, 0.717) is 12.5 Å². The van der Waals surface area contributed by atoms with Crippen molar-refractivity contribution in [2.75, 3.05) is 5.33 Å². The zero-order valence-corrected chi connectivity index (χ0v) is 8.77. The molecule has 1 unspecified atom stereocenters. The molecule has 1 atom stereocenters. The predicted octanol–water partition coefficient (Wildman–Crippen LogP) is 1.82. The van der Waals surface area contributed by atoms with Gasteiger partial charge in [0.2, 0.25) is 0 Å². The minimum Gasteiger partial charge on any atom is -0.265 e. The van der Waals surface area contributed by atoms with E-state index in [0.717, 1.165) is 5.33 Å². The maximum absolute atomic E-state index is 10.3. The summed E-state index contributed by atoms with van der Waals surface area (Å²) < 4.78 is 1.59. The fraction of sp³-hybridized carbons (Fsp3) is 0.571. The van der Waals surface area contributed by atoms with Crippen LogP contribution in [0.1, 0.15) is 6.92 Å². The molecule has 72 valence electrons. The number of alkyl halides is 1.